The second-order valence-corrected chi connectivity index (χ2v) is 4.98. The summed E-state index contributed by atoms with van der Waals surface area (Å²) in [7, 11) is 0. The minimum absolute atomic E-state index is 0.242. The van der Waals surface area contributed by atoms with E-state index in [0.29, 0.717) is 13.0 Å². The van der Waals surface area contributed by atoms with Gasteiger partial charge in [-0.2, -0.15) is 0 Å². The molecule has 112 valence electrons. The molecule has 0 saturated heterocycles. The first-order valence-corrected chi connectivity index (χ1v) is 7.10. The first kappa shape index (κ1) is 15.1. The van der Waals surface area contributed by atoms with E-state index < -0.39 is 12.0 Å². The van der Waals surface area contributed by atoms with Gasteiger partial charge in [0.1, 0.15) is 6.04 Å². The molecule has 0 spiro atoms. The number of nitrogens with one attached hydrogen (secondary N) is 2. The Hall–Kier alpha value is -2.30. The zero-order valence-electron chi connectivity index (χ0n) is 12.3. The van der Waals surface area contributed by atoms with Crippen molar-refractivity contribution in [3.63, 3.8) is 0 Å². The van der Waals surface area contributed by atoms with Crippen molar-refractivity contribution in [3.05, 3.63) is 36.0 Å². The molecule has 2 rings (SSSR count). The Morgan fingerprint density at radius 2 is 2.10 bits per heavy atom. The predicted molar refractivity (Wildman–Crippen MR) is 80.9 cm³/mol. The molecular formula is C16H20N2O3. The summed E-state index contributed by atoms with van der Waals surface area (Å²) in [6, 6.07) is 7.20. The first-order valence-electron chi connectivity index (χ1n) is 7.10. The van der Waals surface area contributed by atoms with Gasteiger partial charge in [-0.05, 0) is 18.1 Å². The lowest BCUT2D eigenvalue weighted by atomic mass is 10.0. The number of ether oxygens (including phenoxy) is 1. The SMILES string of the molecule is CCCOC(=O)[C@H](Cc1c[nH]c2ccccc12)NC(C)=O. The number of carbonyl (C=O) groups excluding carboxylic acids is 2. The van der Waals surface area contributed by atoms with Gasteiger partial charge in [-0.1, -0.05) is 25.1 Å². The van der Waals surface area contributed by atoms with E-state index in [4.69, 9.17) is 4.74 Å². The van der Waals surface area contributed by atoms with Crippen molar-refractivity contribution in [1.29, 1.82) is 0 Å². The van der Waals surface area contributed by atoms with E-state index >= 15 is 0 Å². The Bertz CT molecular complexity index is 633. The van der Waals surface area contributed by atoms with Crippen molar-refractivity contribution in [2.24, 2.45) is 0 Å². The third kappa shape index (κ3) is 3.84. The van der Waals surface area contributed by atoms with Gasteiger partial charge in [0.25, 0.3) is 0 Å². The smallest absolute Gasteiger partial charge is 0.328 e. The van der Waals surface area contributed by atoms with E-state index in [1.807, 2.05) is 37.4 Å². The molecule has 1 heterocycles. The Balaban J connectivity index is 2.17. The predicted octanol–water partition coefficient (Wildman–Crippen LogP) is 2.17. The van der Waals surface area contributed by atoms with Crippen LogP contribution < -0.4 is 5.32 Å². The first-order chi connectivity index (χ1) is 10.1. The third-order valence-corrected chi connectivity index (χ3v) is 3.21. The van der Waals surface area contributed by atoms with Crippen LogP contribution in [0, 0.1) is 0 Å². The summed E-state index contributed by atoms with van der Waals surface area (Å²) >= 11 is 0. The molecule has 0 aliphatic rings. The molecule has 5 nitrogen and oxygen atoms in total. The maximum Gasteiger partial charge on any atom is 0.328 e. The highest BCUT2D eigenvalue weighted by Crippen LogP contribution is 2.19. The fourth-order valence-corrected chi connectivity index (χ4v) is 2.26. The van der Waals surface area contributed by atoms with Crippen LogP contribution in [0.3, 0.4) is 0 Å². The lowest BCUT2D eigenvalue weighted by Crippen LogP contribution is -2.42. The molecule has 0 aliphatic carbocycles. The fourth-order valence-electron chi connectivity index (χ4n) is 2.26. The maximum atomic E-state index is 12.1. The summed E-state index contributed by atoms with van der Waals surface area (Å²) in [4.78, 5) is 26.5. The number of aromatic nitrogens is 1. The molecule has 0 unspecified atom stereocenters. The largest absolute Gasteiger partial charge is 0.464 e. The van der Waals surface area contributed by atoms with E-state index in [1.165, 1.54) is 6.92 Å². The van der Waals surface area contributed by atoms with Gasteiger partial charge < -0.3 is 15.0 Å². The number of esters is 1. The number of fused-ring (bicyclic) bond motifs is 1. The van der Waals surface area contributed by atoms with Crippen LogP contribution in [-0.2, 0) is 20.7 Å². The molecule has 1 atom stereocenters. The number of benzene rings is 1. The molecule has 0 fully saturated rings. The Kier molecular flexibility index (Phi) is 4.98. The van der Waals surface area contributed by atoms with Gasteiger partial charge in [0.2, 0.25) is 5.91 Å². The lowest BCUT2D eigenvalue weighted by Gasteiger charge is -2.16. The van der Waals surface area contributed by atoms with Crippen molar-refractivity contribution >= 4 is 22.8 Å². The Morgan fingerprint density at radius 3 is 2.81 bits per heavy atom. The monoisotopic (exact) mass is 288 g/mol. The van der Waals surface area contributed by atoms with Gasteiger partial charge in [0.05, 0.1) is 6.61 Å². The van der Waals surface area contributed by atoms with Crippen molar-refractivity contribution in [2.45, 2.75) is 32.7 Å². The highest BCUT2D eigenvalue weighted by molar-refractivity contribution is 5.86. The summed E-state index contributed by atoms with van der Waals surface area (Å²) in [6.07, 6.45) is 3.03. The lowest BCUT2D eigenvalue weighted by molar-refractivity contribution is -0.147. The summed E-state index contributed by atoms with van der Waals surface area (Å²) in [5.41, 5.74) is 1.99. The van der Waals surface area contributed by atoms with Crippen molar-refractivity contribution in [2.75, 3.05) is 6.61 Å². The molecule has 2 N–H and O–H groups in total. The zero-order valence-corrected chi connectivity index (χ0v) is 12.3. The van der Waals surface area contributed by atoms with Gasteiger partial charge in [-0.15, -0.1) is 0 Å². The maximum absolute atomic E-state index is 12.1. The number of hydrogen-bond acceptors (Lipinski definition) is 3. The van der Waals surface area contributed by atoms with Crippen molar-refractivity contribution < 1.29 is 14.3 Å². The van der Waals surface area contributed by atoms with E-state index in [-0.39, 0.29) is 5.91 Å². The van der Waals surface area contributed by atoms with Crippen LogP contribution in [0.5, 0.6) is 0 Å². The van der Waals surface area contributed by atoms with Crippen LogP contribution in [0.25, 0.3) is 10.9 Å². The second-order valence-electron chi connectivity index (χ2n) is 4.98. The summed E-state index contributed by atoms with van der Waals surface area (Å²) in [5.74, 6) is -0.634. The standard InChI is InChI=1S/C16H20N2O3/c1-3-8-21-16(20)15(18-11(2)19)9-12-10-17-14-7-5-4-6-13(12)14/h4-7,10,15,17H,3,8-9H2,1-2H3,(H,18,19)/t15-/m0/s1. The quantitative estimate of drug-likeness (QED) is 0.800. The minimum atomic E-state index is -0.659. The van der Waals surface area contributed by atoms with Gasteiger partial charge in [-0.3, -0.25) is 4.79 Å². The molecule has 1 amide bonds. The number of amides is 1. The summed E-state index contributed by atoms with van der Waals surface area (Å²) < 4.78 is 5.15. The minimum Gasteiger partial charge on any atom is -0.464 e. The third-order valence-electron chi connectivity index (χ3n) is 3.21. The average Bonchev–Trinajstić information content (AvgIpc) is 2.87. The molecule has 0 radical (unpaired) electrons. The van der Waals surface area contributed by atoms with Gasteiger partial charge in [0.15, 0.2) is 0 Å². The van der Waals surface area contributed by atoms with Gasteiger partial charge in [0, 0.05) is 30.4 Å². The van der Waals surface area contributed by atoms with Crippen LogP contribution in [0.4, 0.5) is 0 Å². The number of aromatic amines is 1. The average molecular weight is 288 g/mol. The van der Waals surface area contributed by atoms with E-state index in [2.05, 4.69) is 10.3 Å². The van der Waals surface area contributed by atoms with E-state index in [0.717, 1.165) is 22.9 Å². The van der Waals surface area contributed by atoms with E-state index in [1.54, 1.807) is 0 Å². The topological polar surface area (TPSA) is 71.2 Å². The van der Waals surface area contributed by atoms with Crippen LogP contribution >= 0.6 is 0 Å². The normalized spacial score (nSPS) is 12.1. The molecule has 0 bridgehead atoms. The number of rotatable bonds is 6. The van der Waals surface area contributed by atoms with Crippen LogP contribution in [-0.4, -0.2) is 29.5 Å². The molecule has 1 aromatic heterocycles. The molecular weight excluding hydrogens is 268 g/mol. The Morgan fingerprint density at radius 1 is 1.33 bits per heavy atom. The zero-order chi connectivity index (χ0) is 15.2. The summed E-state index contributed by atoms with van der Waals surface area (Å²) in [6.45, 7) is 3.69. The van der Waals surface area contributed by atoms with Gasteiger partial charge >= 0.3 is 5.97 Å². The summed E-state index contributed by atoms with van der Waals surface area (Å²) in [5, 5.41) is 3.72. The number of para-hydroxylation sites is 1. The highest BCUT2D eigenvalue weighted by Gasteiger charge is 2.22. The molecule has 0 saturated carbocycles. The Labute approximate surface area is 123 Å². The molecule has 2 aromatic rings. The number of H-pyrrole nitrogens is 1. The van der Waals surface area contributed by atoms with E-state index in [9.17, 15) is 9.59 Å². The molecule has 1 aromatic carbocycles. The van der Waals surface area contributed by atoms with Crippen LogP contribution in [0.1, 0.15) is 25.8 Å². The molecule has 5 heteroatoms. The molecule has 21 heavy (non-hydrogen) atoms. The highest BCUT2D eigenvalue weighted by atomic mass is 16.5. The van der Waals surface area contributed by atoms with Gasteiger partial charge in [-0.25, -0.2) is 4.79 Å². The number of carbonyl (C=O) groups is 2. The number of hydrogen-bond donors (Lipinski definition) is 2. The fraction of sp³-hybridized carbons (Fsp3) is 0.375. The molecule has 0 aliphatic heterocycles. The second kappa shape index (κ2) is 6.92. The van der Waals surface area contributed by atoms with Crippen LogP contribution in [0.2, 0.25) is 0 Å². The van der Waals surface area contributed by atoms with Crippen molar-refractivity contribution in [1.82, 2.24) is 10.3 Å². The van der Waals surface area contributed by atoms with Crippen LogP contribution in [0.15, 0.2) is 30.5 Å². The van der Waals surface area contributed by atoms with Crippen molar-refractivity contribution in [3.8, 4) is 0 Å².